The Hall–Kier alpha value is -1.36. The molecule has 0 aromatic carbocycles. The topological polar surface area (TPSA) is 49.9 Å². The van der Waals surface area contributed by atoms with Gasteiger partial charge in [-0.1, -0.05) is 32.4 Å². The molecular weight excluding hydrogens is 436 g/mol. The molecule has 35 heavy (non-hydrogen) atoms. The monoisotopic (exact) mass is 484 g/mol. The molecule has 5 heteroatoms. The van der Waals surface area contributed by atoms with Crippen molar-refractivity contribution in [3.05, 3.63) is 11.6 Å². The Labute approximate surface area is 213 Å². The van der Waals surface area contributed by atoms with Crippen LogP contribution >= 0.6 is 0 Å². The van der Waals surface area contributed by atoms with Crippen molar-refractivity contribution in [1.82, 2.24) is 9.80 Å². The number of likely N-dealkylation sites (N-methyl/N-ethyl adjacent to an activating group) is 1. The molecule has 1 aliphatic heterocycles. The summed E-state index contributed by atoms with van der Waals surface area (Å²) in [7, 11) is 4.27. The molecule has 1 heterocycles. The highest BCUT2D eigenvalue weighted by Crippen LogP contribution is 2.68. The molecule has 0 aromatic rings. The van der Waals surface area contributed by atoms with Crippen LogP contribution in [0.1, 0.15) is 86.0 Å². The average molecular weight is 485 g/mol. The number of nitrogens with zero attached hydrogens (tertiary/aromatic N) is 2. The summed E-state index contributed by atoms with van der Waals surface area (Å²) >= 11 is 0. The van der Waals surface area contributed by atoms with Gasteiger partial charge in [0, 0.05) is 32.6 Å². The van der Waals surface area contributed by atoms with Gasteiger partial charge in [-0.05, 0) is 106 Å². The molecule has 0 aromatic heterocycles. The Morgan fingerprint density at radius 1 is 1.11 bits per heavy atom. The third-order valence-corrected chi connectivity index (χ3v) is 11.7. The first-order valence-electron chi connectivity index (χ1n) is 14.3. The summed E-state index contributed by atoms with van der Waals surface area (Å²) < 4.78 is 5.42. The van der Waals surface area contributed by atoms with E-state index < -0.39 is 6.10 Å². The molecule has 4 fully saturated rings. The fourth-order valence-corrected chi connectivity index (χ4v) is 9.81. The van der Waals surface area contributed by atoms with Gasteiger partial charge in [-0.2, -0.15) is 0 Å². The zero-order valence-corrected chi connectivity index (χ0v) is 23.2. The van der Waals surface area contributed by atoms with Crippen LogP contribution in [0.3, 0.4) is 0 Å². The number of carbonyl (C=O) groups excluding carboxylic acids is 2. The van der Waals surface area contributed by atoms with Gasteiger partial charge in [0.1, 0.15) is 0 Å². The number of ether oxygens (including phenoxy) is 1. The van der Waals surface area contributed by atoms with Gasteiger partial charge in [0.15, 0.2) is 6.10 Å². The molecule has 5 nitrogen and oxygen atoms in total. The number of carbonyl (C=O) groups is 2. The Bertz CT molecular complexity index is 898. The number of likely N-dealkylation sites (tertiary alicyclic amines) is 1. The van der Waals surface area contributed by atoms with Crippen LogP contribution in [0.25, 0.3) is 0 Å². The van der Waals surface area contributed by atoms with Gasteiger partial charge in [-0.25, -0.2) is 0 Å². The molecule has 0 N–H and O–H groups in total. The largest absolute Gasteiger partial charge is 0.452 e. The Kier molecular flexibility index (Phi) is 6.42. The predicted octanol–water partition coefficient (Wildman–Crippen LogP) is 5.29. The van der Waals surface area contributed by atoms with Crippen molar-refractivity contribution in [3.63, 3.8) is 0 Å². The van der Waals surface area contributed by atoms with Crippen molar-refractivity contribution in [1.29, 1.82) is 0 Å². The van der Waals surface area contributed by atoms with E-state index in [-0.39, 0.29) is 29.3 Å². The predicted molar refractivity (Wildman–Crippen MR) is 139 cm³/mol. The quantitative estimate of drug-likeness (QED) is 0.402. The molecule has 2 unspecified atom stereocenters. The fourth-order valence-electron chi connectivity index (χ4n) is 9.81. The summed E-state index contributed by atoms with van der Waals surface area (Å²) in [6, 6.07) is 0.942. The zero-order chi connectivity index (χ0) is 25.3. The van der Waals surface area contributed by atoms with Crippen LogP contribution in [0.15, 0.2) is 11.6 Å². The molecular formula is C30H48N2O3. The SMILES string of the molecule is CC(=O)OC(C(=O)N(C)[C@H]1CC[C@@]2(C)C(=CC[C@@H]3C2CC[C@]24CN(C)[C@@H](C)[C@H]2CC[C@@H]34)C1)C(C)C. The van der Waals surface area contributed by atoms with Crippen LogP contribution in [-0.2, 0) is 14.3 Å². The van der Waals surface area contributed by atoms with Crippen molar-refractivity contribution < 1.29 is 14.3 Å². The minimum Gasteiger partial charge on any atom is -0.452 e. The molecule has 0 bridgehead atoms. The number of rotatable bonds is 4. The maximum atomic E-state index is 13.3. The normalized spacial score (nSPS) is 43.5. The van der Waals surface area contributed by atoms with Gasteiger partial charge in [0.2, 0.25) is 0 Å². The van der Waals surface area contributed by atoms with E-state index in [2.05, 4.69) is 31.9 Å². The Morgan fingerprint density at radius 2 is 1.83 bits per heavy atom. The van der Waals surface area contributed by atoms with E-state index in [0.717, 1.165) is 42.6 Å². The second-order valence-electron chi connectivity index (χ2n) is 13.5. The van der Waals surface area contributed by atoms with Crippen LogP contribution in [0, 0.1) is 40.4 Å². The van der Waals surface area contributed by atoms with Crippen LogP contribution < -0.4 is 0 Å². The Morgan fingerprint density at radius 3 is 2.51 bits per heavy atom. The number of hydrogen-bond acceptors (Lipinski definition) is 4. The van der Waals surface area contributed by atoms with Crippen molar-refractivity contribution in [2.75, 3.05) is 20.6 Å². The lowest BCUT2D eigenvalue weighted by Gasteiger charge is -2.58. The number of allylic oxidation sites excluding steroid dienone is 1. The zero-order valence-electron chi connectivity index (χ0n) is 23.2. The summed E-state index contributed by atoms with van der Waals surface area (Å²) in [4.78, 5) is 29.5. The summed E-state index contributed by atoms with van der Waals surface area (Å²) in [5.41, 5.74) is 2.46. The van der Waals surface area contributed by atoms with E-state index in [9.17, 15) is 9.59 Å². The number of amides is 1. The van der Waals surface area contributed by atoms with Gasteiger partial charge >= 0.3 is 5.97 Å². The maximum absolute atomic E-state index is 13.3. The van der Waals surface area contributed by atoms with E-state index in [1.165, 1.54) is 52.0 Å². The summed E-state index contributed by atoms with van der Waals surface area (Å²) in [6.07, 6.45) is 12.0. The molecule has 5 aliphatic rings. The molecule has 1 spiro atoms. The summed E-state index contributed by atoms with van der Waals surface area (Å²) in [5, 5.41) is 0. The molecule has 196 valence electrons. The lowest BCUT2D eigenvalue weighted by atomic mass is 9.47. The summed E-state index contributed by atoms with van der Waals surface area (Å²) in [6.45, 7) is 11.6. The Balaban J connectivity index is 1.33. The molecule has 1 amide bonds. The van der Waals surface area contributed by atoms with E-state index in [4.69, 9.17) is 4.74 Å². The lowest BCUT2D eigenvalue weighted by molar-refractivity contribution is -0.162. The van der Waals surface area contributed by atoms with E-state index in [1.807, 2.05) is 25.8 Å². The number of esters is 1. The van der Waals surface area contributed by atoms with E-state index in [1.54, 1.807) is 5.57 Å². The van der Waals surface area contributed by atoms with Crippen molar-refractivity contribution >= 4 is 11.9 Å². The minimum atomic E-state index is -0.688. The van der Waals surface area contributed by atoms with Crippen LogP contribution in [0.4, 0.5) is 0 Å². The van der Waals surface area contributed by atoms with E-state index in [0.29, 0.717) is 5.41 Å². The molecule has 1 saturated heterocycles. The first-order chi connectivity index (χ1) is 16.5. The van der Waals surface area contributed by atoms with Gasteiger partial charge in [0.25, 0.3) is 5.91 Å². The lowest BCUT2D eigenvalue weighted by Crippen LogP contribution is -2.54. The second kappa shape index (κ2) is 8.89. The van der Waals surface area contributed by atoms with Crippen molar-refractivity contribution in [2.24, 2.45) is 40.4 Å². The molecule has 5 rings (SSSR count). The van der Waals surface area contributed by atoms with Crippen LogP contribution in [0.5, 0.6) is 0 Å². The highest BCUT2D eigenvalue weighted by molar-refractivity contribution is 5.83. The van der Waals surface area contributed by atoms with Gasteiger partial charge in [0.05, 0.1) is 0 Å². The average Bonchev–Trinajstić information content (AvgIpc) is 3.29. The first-order valence-corrected chi connectivity index (χ1v) is 14.3. The van der Waals surface area contributed by atoms with Crippen molar-refractivity contribution in [3.8, 4) is 0 Å². The van der Waals surface area contributed by atoms with Gasteiger partial charge in [-0.3, -0.25) is 9.59 Å². The standard InChI is InChI=1S/C30H48N2O3/c1-18(2)27(35-20(4)33)28(34)32(7)22-12-14-29(5)21(16-22)8-9-23-25(29)13-15-30-17-31(6)19(3)24(30)10-11-26(23)30/h8,18-19,22-27H,9-17H2,1-7H3/t19-,22-,23+,24+,25?,26-,27?,29-,30-/m0/s1. The number of hydrogen-bond donors (Lipinski definition) is 0. The van der Waals surface area contributed by atoms with Crippen molar-refractivity contribution in [2.45, 2.75) is 104 Å². The third-order valence-electron chi connectivity index (χ3n) is 11.7. The van der Waals surface area contributed by atoms with Crippen LogP contribution in [-0.4, -0.2) is 60.5 Å². The van der Waals surface area contributed by atoms with Crippen LogP contribution in [0.2, 0.25) is 0 Å². The highest BCUT2D eigenvalue weighted by Gasteiger charge is 2.64. The molecule has 9 atom stereocenters. The third kappa shape index (κ3) is 3.81. The maximum Gasteiger partial charge on any atom is 0.303 e. The summed E-state index contributed by atoms with van der Waals surface area (Å²) in [5.74, 6) is 2.98. The van der Waals surface area contributed by atoms with E-state index >= 15 is 0 Å². The fraction of sp³-hybridized carbons (Fsp3) is 0.867. The second-order valence-corrected chi connectivity index (χ2v) is 13.5. The molecule has 4 aliphatic carbocycles. The van der Waals surface area contributed by atoms with Gasteiger partial charge < -0.3 is 14.5 Å². The first kappa shape index (κ1) is 25.3. The smallest absolute Gasteiger partial charge is 0.303 e. The minimum absolute atomic E-state index is 0.0282. The molecule has 0 radical (unpaired) electrons. The molecule has 3 saturated carbocycles. The van der Waals surface area contributed by atoms with Gasteiger partial charge in [-0.15, -0.1) is 0 Å². The highest BCUT2D eigenvalue weighted by atomic mass is 16.5. The number of fused-ring (bicyclic) bond motifs is 4.